The van der Waals surface area contributed by atoms with E-state index >= 15 is 0 Å². The average Bonchev–Trinajstić information content (AvgIpc) is 2.52. The second-order valence-corrected chi connectivity index (χ2v) is 5.51. The van der Waals surface area contributed by atoms with Gasteiger partial charge in [0.25, 0.3) is 5.91 Å². The van der Waals surface area contributed by atoms with Crippen LogP contribution in [0.1, 0.15) is 5.56 Å². The van der Waals surface area contributed by atoms with Crippen LogP contribution in [0.25, 0.3) is 0 Å². The Kier molecular flexibility index (Phi) is 6.35. The first-order valence-corrected chi connectivity index (χ1v) is 7.43. The van der Waals surface area contributed by atoms with Crippen molar-refractivity contribution in [1.82, 2.24) is 0 Å². The summed E-state index contributed by atoms with van der Waals surface area (Å²) in [6, 6.07) is 9.23. The van der Waals surface area contributed by atoms with Crippen LogP contribution in [0.3, 0.4) is 0 Å². The number of anilines is 1. The predicted octanol–water partition coefficient (Wildman–Crippen LogP) is 2.22. The summed E-state index contributed by atoms with van der Waals surface area (Å²) in [5.41, 5.74) is 1.00. The van der Waals surface area contributed by atoms with E-state index in [2.05, 4.69) is 10.1 Å². The molecule has 0 aliphatic carbocycles. The fraction of sp³-hybridized carbons (Fsp3) is 0.235. The minimum Gasteiger partial charge on any atom is -0.435 e. The zero-order valence-electron chi connectivity index (χ0n) is 13.4. The van der Waals surface area contributed by atoms with Gasteiger partial charge in [-0.3, -0.25) is 4.79 Å². The molecular formula is C17H17F4N2O2+. The average molecular weight is 357 g/mol. The summed E-state index contributed by atoms with van der Waals surface area (Å²) in [5.74, 6) is -2.32. The Bertz CT molecular complexity index is 723. The van der Waals surface area contributed by atoms with Crippen molar-refractivity contribution < 1.29 is 32.0 Å². The molecule has 1 amide bonds. The van der Waals surface area contributed by atoms with Crippen LogP contribution in [0, 0.1) is 11.6 Å². The van der Waals surface area contributed by atoms with Crippen molar-refractivity contribution in [3.8, 4) is 5.75 Å². The number of nitrogens with one attached hydrogen (secondary N) is 2. The summed E-state index contributed by atoms with van der Waals surface area (Å²) in [5, 5.41) is 2.49. The minimum atomic E-state index is -2.88. The molecule has 8 heteroatoms. The highest BCUT2D eigenvalue weighted by Crippen LogP contribution is 2.14. The summed E-state index contributed by atoms with van der Waals surface area (Å²) in [6.45, 7) is -2.31. The molecule has 2 aromatic carbocycles. The summed E-state index contributed by atoms with van der Waals surface area (Å²) < 4.78 is 54.4. The molecule has 0 bridgehead atoms. The van der Waals surface area contributed by atoms with Gasteiger partial charge in [0.1, 0.15) is 12.3 Å². The first-order valence-electron chi connectivity index (χ1n) is 7.43. The lowest BCUT2D eigenvalue weighted by molar-refractivity contribution is -0.885. The standard InChI is InChI=1S/C17H16F4N2O2/c1-23(9-11-2-5-13(6-3-11)25-17(20)21)10-16(24)22-12-4-7-14(18)15(19)8-12/h2-8,17H,9-10H2,1H3,(H,22,24)/p+1. The third-order valence-electron chi connectivity index (χ3n) is 3.32. The van der Waals surface area contributed by atoms with E-state index in [-0.39, 0.29) is 23.9 Å². The Morgan fingerprint density at radius 3 is 2.40 bits per heavy atom. The van der Waals surface area contributed by atoms with E-state index in [4.69, 9.17) is 0 Å². The Labute approximate surface area is 142 Å². The smallest absolute Gasteiger partial charge is 0.387 e. The summed E-state index contributed by atoms with van der Waals surface area (Å²) in [6.07, 6.45) is 0. The number of ether oxygens (including phenoxy) is 1. The first kappa shape index (κ1) is 18.7. The molecule has 1 unspecified atom stereocenters. The fourth-order valence-corrected chi connectivity index (χ4v) is 2.25. The van der Waals surface area contributed by atoms with Crippen molar-refractivity contribution in [3.63, 3.8) is 0 Å². The molecule has 0 radical (unpaired) electrons. The largest absolute Gasteiger partial charge is 0.435 e. The summed E-state index contributed by atoms with van der Waals surface area (Å²) >= 11 is 0. The van der Waals surface area contributed by atoms with Crippen molar-refractivity contribution >= 4 is 11.6 Å². The molecule has 0 saturated carbocycles. The monoisotopic (exact) mass is 357 g/mol. The zero-order chi connectivity index (χ0) is 18.4. The SMILES string of the molecule is C[NH+](CC(=O)Nc1ccc(F)c(F)c1)Cc1ccc(OC(F)F)cc1. The quantitative estimate of drug-likeness (QED) is 0.747. The highest BCUT2D eigenvalue weighted by Gasteiger charge is 2.12. The number of carbonyl (C=O) groups is 1. The third-order valence-corrected chi connectivity index (χ3v) is 3.32. The Balaban J connectivity index is 1.85. The molecule has 2 aromatic rings. The lowest BCUT2D eigenvalue weighted by Crippen LogP contribution is -3.08. The normalized spacial score (nSPS) is 12.1. The predicted molar refractivity (Wildman–Crippen MR) is 83.5 cm³/mol. The second kappa shape index (κ2) is 8.48. The van der Waals surface area contributed by atoms with Crippen LogP contribution in [0.5, 0.6) is 5.75 Å². The summed E-state index contributed by atoms with van der Waals surface area (Å²) in [4.78, 5) is 12.8. The van der Waals surface area contributed by atoms with Gasteiger partial charge in [-0.2, -0.15) is 8.78 Å². The Morgan fingerprint density at radius 2 is 1.80 bits per heavy atom. The van der Waals surface area contributed by atoms with E-state index in [1.54, 1.807) is 19.2 Å². The van der Waals surface area contributed by atoms with Crippen molar-refractivity contribution in [2.75, 3.05) is 18.9 Å². The fourth-order valence-electron chi connectivity index (χ4n) is 2.25. The molecule has 25 heavy (non-hydrogen) atoms. The van der Waals surface area contributed by atoms with Gasteiger partial charge in [0.05, 0.1) is 7.05 Å². The second-order valence-electron chi connectivity index (χ2n) is 5.51. The number of likely N-dealkylation sites (N-methyl/N-ethyl adjacent to an activating group) is 1. The van der Waals surface area contributed by atoms with Gasteiger partial charge in [0, 0.05) is 17.3 Å². The van der Waals surface area contributed by atoms with Gasteiger partial charge >= 0.3 is 6.61 Å². The van der Waals surface area contributed by atoms with E-state index in [0.717, 1.165) is 22.6 Å². The maximum Gasteiger partial charge on any atom is 0.387 e. The molecule has 0 aliphatic heterocycles. The lowest BCUT2D eigenvalue weighted by atomic mass is 10.2. The van der Waals surface area contributed by atoms with E-state index in [1.807, 2.05) is 0 Å². The van der Waals surface area contributed by atoms with Gasteiger partial charge in [0.15, 0.2) is 18.2 Å². The van der Waals surface area contributed by atoms with Crippen molar-refractivity contribution in [2.24, 2.45) is 0 Å². The molecule has 0 aliphatic rings. The molecule has 2 rings (SSSR count). The number of amides is 1. The molecule has 134 valence electrons. The maximum absolute atomic E-state index is 13.1. The van der Waals surface area contributed by atoms with Gasteiger partial charge in [-0.25, -0.2) is 8.78 Å². The molecule has 0 aromatic heterocycles. The van der Waals surface area contributed by atoms with Crippen LogP contribution >= 0.6 is 0 Å². The van der Waals surface area contributed by atoms with E-state index in [0.29, 0.717) is 6.54 Å². The van der Waals surface area contributed by atoms with E-state index < -0.39 is 18.2 Å². The number of quaternary nitrogens is 1. The molecule has 1 atom stereocenters. The van der Waals surface area contributed by atoms with Crippen LogP contribution in [0.2, 0.25) is 0 Å². The molecule has 4 nitrogen and oxygen atoms in total. The van der Waals surface area contributed by atoms with Gasteiger partial charge < -0.3 is 15.0 Å². The molecule has 0 saturated heterocycles. The minimum absolute atomic E-state index is 0.0625. The zero-order valence-corrected chi connectivity index (χ0v) is 13.4. The van der Waals surface area contributed by atoms with E-state index in [1.165, 1.54) is 18.2 Å². The van der Waals surface area contributed by atoms with Crippen LogP contribution in [-0.4, -0.2) is 26.1 Å². The van der Waals surface area contributed by atoms with Crippen LogP contribution in [0.15, 0.2) is 42.5 Å². The Hall–Kier alpha value is -2.61. The van der Waals surface area contributed by atoms with Crippen molar-refractivity contribution in [1.29, 1.82) is 0 Å². The first-order chi connectivity index (χ1) is 11.8. The van der Waals surface area contributed by atoms with Crippen LogP contribution in [-0.2, 0) is 11.3 Å². The number of carbonyl (C=O) groups excluding carboxylic acids is 1. The molecular weight excluding hydrogens is 340 g/mol. The van der Waals surface area contributed by atoms with Gasteiger partial charge in [0.2, 0.25) is 0 Å². The third kappa shape index (κ3) is 6.07. The van der Waals surface area contributed by atoms with Gasteiger partial charge in [-0.1, -0.05) is 0 Å². The van der Waals surface area contributed by atoms with Gasteiger partial charge in [-0.05, 0) is 36.4 Å². The Morgan fingerprint density at radius 1 is 1.12 bits per heavy atom. The van der Waals surface area contributed by atoms with Crippen molar-refractivity contribution in [2.45, 2.75) is 13.2 Å². The summed E-state index contributed by atoms with van der Waals surface area (Å²) in [7, 11) is 1.77. The highest BCUT2D eigenvalue weighted by molar-refractivity contribution is 5.91. The number of hydrogen-bond donors (Lipinski definition) is 2. The van der Waals surface area contributed by atoms with Crippen molar-refractivity contribution in [3.05, 3.63) is 59.7 Å². The maximum atomic E-state index is 13.1. The number of rotatable bonds is 7. The molecule has 2 N–H and O–H groups in total. The molecule has 0 spiro atoms. The van der Waals surface area contributed by atoms with Crippen LogP contribution in [0.4, 0.5) is 23.2 Å². The lowest BCUT2D eigenvalue weighted by Gasteiger charge is -2.14. The van der Waals surface area contributed by atoms with E-state index in [9.17, 15) is 22.4 Å². The number of benzene rings is 2. The van der Waals surface area contributed by atoms with Gasteiger partial charge in [-0.15, -0.1) is 0 Å². The number of halogens is 4. The molecule has 0 fully saturated rings. The topological polar surface area (TPSA) is 42.8 Å². The van der Waals surface area contributed by atoms with Crippen LogP contribution < -0.4 is 15.0 Å². The number of hydrogen-bond acceptors (Lipinski definition) is 2. The highest BCUT2D eigenvalue weighted by atomic mass is 19.3. The number of alkyl halides is 2. The molecule has 0 heterocycles.